The molecule has 4 saturated carbocycles. The monoisotopic (exact) mass is 1050 g/mol. The van der Waals surface area contributed by atoms with E-state index in [9.17, 15) is 28.0 Å². The van der Waals surface area contributed by atoms with Crippen molar-refractivity contribution in [2.24, 2.45) is 46.3 Å². The Morgan fingerprint density at radius 3 is 1.58 bits per heavy atom. The number of carbonyl (C=O) groups excluding carboxylic acids is 3. The SMILES string of the molecule is COC(=O)CC[C@@H]1CC(=O)[C@@]2(C)CCC3c4ccc(F)cc4CCC3C12.CS[CH-]I.C[C@]12CCC3c4ccc(F)cc4CCC3C1[C@H](CCC(=O)O)CC2=O.[CH2-]SC.[V].[V]. The van der Waals surface area contributed by atoms with E-state index in [1.165, 1.54) is 30.0 Å². The van der Waals surface area contributed by atoms with Crippen LogP contribution in [0.5, 0.6) is 0 Å². The van der Waals surface area contributed by atoms with E-state index < -0.39 is 5.97 Å². The van der Waals surface area contributed by atoms with Crippen molar-refractivity contribution in [3.05, 3.63) is 80.3 Å². The van der Waals surface area contributed by atoms with Crippen molar-refractivity contribution in [2.45, 2.75) is 116 Å². The maximum atomic E-state index is 13.6. The van der Waals surface area contributed by atoms with Gasteiger partial charge in [0.25, 0.3) is 0 Å². The first kappa shape index (κ1) is 53.5. The Bertz CT molecular complexity index is 1800. The molecule has 0 spiro atoms. The molecule has 6 aliphatic rings. The van der Waals surface area contributed by atoms with Crippen LogP contribution >= 0.6 is 46.1 Å². The zero-order valence-electron chi connectivity index (χ0n) is 35.6. The number of esters is 1. The smallest absolute Gasteiger partial charge is 0.305 e. The fourth-order valence-corrected chi connectivity index (χ4v) is 12.5. The Balaban J connectivity index is 0.000000270. The van der Waals surface area contributed by atoms with Gasteiger partial charge in [0.05, 0.1) is 7.11 Å². The first-order valence-corrected chi connectivity index (χ1v) is 24.7. The van der Waals surface area contributed by atoms with E-state index in [0.717, 1.165) is 68.9 Å². The van der Waals surface area contributed by atoms with Crippen molar-refractivity contribution in [3.63, 3.8) is 0 Å². The predicted molar refractivity (Wildman–Crippen MR) is 239 cm³/mol. The molecule has 0 bridgehead atoms. The van der Waals surface area contributed by atoms with Gasteiger partial charge in [-0.1, -0.05) is 26.0 Å². The summed E-state index contributed by atoms with van der Waals surface area (Å²) in [6, 6.07) is 10.4. The number of benzene rings is 2. The van der Waals surface area contributed by atoms with Crippen LogP contribution in [0.2, 0.25) is 0 Å². The molecule has 60 heavy (non-hydrogen) atoms. The second-order valence-electron chi connectivity index (χ2n) is 17.7. The summed E-state index contributed by atoms with van der Waals surface area (Å²) in [5.41, 5.74) is 4.27. The summed E-state index contributed by atoms with van der Waals surface area (Å²) in [6.07, 6.45) is 17.9. The van der Waals surface area contributed by atoms with Gasteiger partial charge in [0.15, 0.2) is 0 Å². The topological polar surface area (TPSA) is 97.7 Å². The number of aryl methyl sites for hydroxylation is 2. The molecule has 6 aliphatic carbocycles. The number of halogens is 3. The van der Waals surface area contributed by atoms with Crippen LogP contribution in [0.1, 0.15) is 125 Å². The molecule has 0 aliphatic heterocycles. The van der Waals surface area contributed by atoms with Crippen LogP contribution in [0.25, 0.3) is 0 Å². The Kier molecular flexibility index (Phi) is 21.3. The van der Waals surface area contributed by atoms with E-state index >= 15 is 0 Å². The first-order valence-electron chi connectivity index (χ1n) is 20.8. The third-order valence-electron chi connectivity index (χ3n) is 14.8. The minimum Gasteiger partial charge on any atom is -0.481 e. The number of hydrogen-bond acceptors (Lipinski definition) is 7. The second kappa shape index (κ2) is 23.9. The minimum atomic E-state index is -0.780. The molecule has 2 radical (unpaired) electrons. The van der Waals surface area contributed by atoms with Crippen LogP contribution < -0.4 is 0 Å². The fraction of sp³-hybridized carbons (Fsp3) is 0.617. The van der Waals surface area contributed by atoms with E-state index in [1.807, 2.05) is 28.4 Å². The molecule has 0 amide bonds. The summed E-state index contributed by atoms with van der Waals surface area (Å²) in [4.78, 5) is 48.3. The van der Waals surface area contributed by atoms with E-state index in [0.29, 0.717) is 66.8 Å². The van der Waals surface area contributed by atoms with Crippen molar-refractivity contribution in [3.8, 4) is 0 Å². The van der Waals surface area contributed by atoms with Gasteiger partial charge in [0.2, 0.25) is 0 Å². The zero-order chi connectivity index (χ0) is 42.4. The fourth-order valence-electron chi connectivity index (χ4n) is 12.5. The molecule has 0 heterocycles. The minimum absolute atomic E-state index is 0. The van der Waals surface area contributed by atoms with Crippen LogP contribution in [0, 0.1) is 68.0 Å². The van der Waals surface area contributed by atoms with Crippen molar-refractivity contribution in [1.29, 1.82) is 0 Å². The first-order chi connectivity index (χ1) is 27.7. The van der Waals surface area contributed by atoms with Crippen LogP contribution in [0.4, 0.5) is 8.78 Å². The van der Waals surface area contributed by atoms with Gasteiger partial charge in [-0.3, -0.25) is 25.4 Å². The normalized spacial score (nSPS) is 31.4. The Hall–Kier alpha value is -0.821. The summed E-state index contributed by atoms with van der Waals surface area (Å²) in [6.45, 7) is 4.26. The Morgan fingerprint density at radius 2 is 1.22 bits per heavy atom. The number of Topliss-reactive ketones (excluding diaryl/α,β-unsaturated/α-hetero) is 2. The van der Waals surface area contributed by atoms with E-state index in [2.05, 4.69) is 42.7 Å². The number of methoxy groups -OCH3 is 1. The van der Waals surface area contributed by atoms with Gasteiger partial charge >= 0.3 is 11.9 Å². The quantitative estimate of drug-likeness (QED) is 0.166. The number of carboxylic acids is 1. The third-order valence-corrected chi connectivity index (χ3v) is 16.5. The summed E-state index contributed by atoms with van der Waals surface area (Å²) >= 11 is 5.41. The number of hydrogen-bond donors (Lipinski definition) is 1. The van der Waals surface area contributed by atoms with E-state index in [1.54, 1.807) is 36.0 Å². The number of rotatable bonds is 7. The molecule has 4 fully saturated rings. The zero-order valence-corrected chi connectivity index (χ0v) is 42.2. The van der Waals surface area contributed by atoms with E-state index in [-0.39, 0.29) is 89.7 Å². The summed E-state index contributed by atoms with van der Waals surface area (Å²) < 4.78 is 34.0. The molecular weight excluding hydrogens is 991 g/mol. The molecule has 2 aromatic rings. The van der Waals surface area contributed by atoms with Crippen LogP contribution in [-0.2, 0) is 73.9 Å². The van der Waals surface area contributed by atoms with Gasteiger partial charge in [-0.05, 0) is 171 Å². The number of carbonyl (C=O) groups is 4. The largest absolute Gasteiger partial charge is 0.481 e. The second-order valence-corrected chi connectivity index (χ2v) is 20.5. The number of ketones is 2. The Morgan fingerprint density at radius 1 is 0.817 bits per heavy atom. The molecule has 0 saturated heterocycles. The average Bonchev–Trinajstić information content (AvgIpc) is 3.63. The number of thioether (sulfide) groups is 2. The van der Waals surface area contributed by atoms with Crippen LogP contribution in [0.3, 0.4) is 0 Å². The van der Waals surface area contributed by atoms with Crippen molar-refractivity contribution in [1.82, 2.24) is 0 Å². The van der Waals surface area contributed by atoms with Crippen molar-refractivity contribution >= 4 is 69.6 Å². The molecule has 1 N–H and O–H groups in total. The molecular formula is C47H61F2IO6S2V2-2. The number of carboxylic acid groups (broad SMARTS) is 1. The molecule has 6 nitrogen and oxygen atoms in total. The average molecular weight is 1050 g/mol. The standard InChI is InChI=1S/C22H27FO3.C21H25FO3.C2H4IS.C2H5S.2V/c1-22-10-9-17-16-7-5-15(23)11-13(16)3-6-18(17)21(22)14(12-19(22)24)4-8-20(25)26-2;1-21-9-8-16-15-6-4-14(22)10-12(15)2-5-17(16)20(21)13(11-18(21)23)3-7-19(24)25;1-4-2-3;1-3-2;;/h5,7,11,14,17-18,21H,3-4,6,8-10,12H2,1-2H3;4,6,10,13,16-17,20H,2-3,5,7-9,11H2,1H3,(H,24,25);2H,1H3;1H2,2H3;;/q;;2*-1;;/t14-,17?,18?,21?,22-;13-,16?,17?,20?,21-;;;;/m11..../s1. The predicted octanol–water partition coefficient (Wildman–Crippen LogP) is 11.8. The molecule has 0 aromatic heterocycles. The molecule has 13 heteroatoms. The van der Waals surface area contributed by atoms with Crippen LogP contribution in [0.15, 0.2) is 36.4 Å². The van der Waals surface area contributed by atoms with Crippen LogP contribution in [-0.4, -0.2) is 48.2 Å². The van der Waals surface area contributed by atoms with Crippen molar-refractivity contribution < 1.29 is 74.9 Å². The van der Waals surface area contributed by atoms with Gasteiger partial charge in [-0.15, -0.1) is 0 Å². The van der Waals surface area contributed by atoms with Gasteiger partial charge in [-0.25, -0.2) is 12.5 Å². The van der Waals surface area contributed by atoms with Gasteiger partial charge in [0, 0.05) is 73.6 Å². The summed E-state index contributed by atoms with van der Waals surface area (Å²) in [5.74, 6) is 2.14. The molecule has 330 valence electrons. The van der Waals surface area contributed by atoms with Gasteiger partial charge in [-0.2, -0.15) is 0 Å². The van der Waals surface area contributed by atoms with Crippen molar-refractivity contribution in [2.75, 3.05) is 19.6 Å². The molecule has 8 rings (SSSR count). The molecule has 6 unspecified atom stereocenters. The maximum absolute atomic E-state index is 13.6. The van der Waals surface area contributed by atoms with Gasteiger partial charge < -0.3 is 56.0 Å². The van der Waals surface area contributed by atoms with Gasteiger partial charge in [0.1, 0.15) is 23.2 Å². The summed E-state index contributed by atoms with van der Waals surface area (Å²) in [7, 11) is 1.42. The molecule has 2 aromatic carbocycles. The summed E-state index contributed by atoms with van der Waals surface area (Å²) in [5, 5.41) is 9.07. The Labute approximate surface area is 403 Å². The van der Waals surface area contributed by atoms with E-state index in [4.69, 9.17) is 9.84 Å². The maximum Gasteiger partial charge on any atom is 0.305 e. The number of fused-ring (bicyclic) bond motifs is 10. The molecule has 10 atom stereocenters. The number of ether oxygens (including phenoxy) is 1. The third kappa shape index (κ3) is 11.7. The number of aliphatic carboxylic acids is 1.